The second-order valence-electron chi connectivity index (χ2n) is 8.42. The Bertz CT molecular complexity index is 768. The molecule has 4 amide bonds. The topological polar surface area (TPSA) is 217 Å². The first-order valence-electron chi connectivity index (χ1n) is 11.3. The zero-order chi connectivity index (χ0) is 25.8. The number of carbonyl (C=O) groups is 6. The van der Waals surface area contributed by atoms with Crippen LogP contribution in [0.15, 0.2) is 0 Å². The third kappa shape index (κ3) is 9.73. The zero-order valence-electron chi connectivity index (χ0n) is 19.5. The molecule has 34 heavy (non-hydrogen) atoms. The van der Waals surface area contributed by atoms with Crippen LogP contribution in [0.3, 0.4) is 0 Å². The van der Waals surface area contributed by atoms with Gasteiger partial charge in [-0.05, 0) is 38.1 Å². The van der Waals surface area contributed by atoms with Crippen molar-refractivity contribution >= 4 is 35.6 Å². The predicted octanol–water partition coefficient (Wildman–Crippen LogP) is -1.55. The molecule has 0 aromatic rings. The van der Waals surface area contributed by atoms with Crippen molar-refractivity contribution in [3.05, 3.63) is 0 Å². The summed E-state index contributed by atoms with van der Waals surface area (Å²) in [6, 6.07) is -4.30. The van der Waals surface area contributed by atoms with Gasteiger partial charge in [-0.15, -0.1) is 0 Å². The molecule has 192 valence electrons. The molecule has 13 heteroatoms. The van der Waals surface area contributed by atoms with Crippen LogP contribution in [0.5, 0.6) is 0 Å². The fraction of sp³-hybridized carbons (Fsp3) is 0.714. The van der Waals surface area contributed by atoms with Crippen LogP contribution in [0.4, 0.5) is 0 Å². The molecular weight excluding hydrogens is 450 g/mol. The highest BCUT2D eigenvalue weighted by Crippen LogP contribution is 2.10. The second kappa shape index (κ2) is 14.1. The summed E-state index contributed by atoms with van der Waals surface area (Å²) in [5.74, 6) is -5.70. The number of carboxylic acid groups (broad SMARTS) is 2. The minimum Gasteiger partial charge on any atom is -0.481 e. The highest BCUT2D eigenvalue weighted by molar-refractivity contribution is 5.94. The zero-order valence-corrected chi connectivity index (χ0v) is 19.5. The number of primary amides is 1. The van der Waals surface area contributed by atoms with E-state index < -0.39 is 72.1 Å². The van der Waals surface area contributed by atoms with Crippen molar-refractivity contribution in [2.75, 3.05) is 6.54 Å². The predicted molar refractivity (Wildman–Crippen MR) is 119 cm³/mol. The molecule has 0 aromatic heterocycles. The van der Waals surface area contributed by atoms with E-state index in [4.69, 9.17) is 10.8 Å². The maximum absolute atomic E-state index is 12.9. The first-order valence-corrected chi connectivity index (χ1v) is 11.3. The molecule has 1 saturated heterocycles. The average molecular weight is 486 g/mol. The summed E-state index contributed by atoms with van der Waals surface area (Å²) >= 11 is 0. The maximum atomic E-state index is 12.9. The molecule has 0 saturated carbocycles. The normalized spacial score (nSPS) is 18.7. The Hall–Kier alpha value is -3.22. The lowest BCUT2D eigenvalue weighted by Gasteiger charge is -2.26. The molecular formula is C21H35N5O8. The van der Waals surface area contributed by atoms with E-state index in [-0.39, 0.29) is 19.3 Å². The molecule has 0 bridgehead atoms. The molecule has 0 spiro atoms. The van der Waals surface area contributed by atoms with Crippen molar-refractivity contribution < 1.29 is 39.0 Å². The van der Waals surface area contributed by atoms with Crippen molar-refractivity contribution in [3.63, 3.8) is 0 Å². The Kier molecular flexibility index (Phi) is 12.0. The molecule has 13 nitrogen and oxygen atoms in total. The van der Waals surface area contributed by atoms with Gasteiger partial charge in [-0.25, -0.2) is 4.79 Å². The van der Waals surface area contributed by atoms with E-state index in [1.807, 2.05) is 0 Å². The van der Waals surface area contributed by atoms with Crippen LogP contribution in [0.2, 0.25) is 0 Å². The Morgan fingerprint density at radius 3 is 2.06 bits per heavy atom. The summed E-state index contributed by atoms with van der Waals surface area (Å²) < 4.78 is 0. The monoisotopic (exact) mass is 485 g/mol. The third-order valence-corrected chi connectivity index (χ3v) is 5.75. The van der Waals surface area contributed by atoms with E-state index in [0.29, 0.717) is 19.4 Å². The van der Waals surface area contributed by atoms with Crippen molar-refractivity contribution in [2.24, 2.45) is 11.7 Å². The number of rotatable bonds is 15. The third-order valence-electron chi connectivity index (χ3n) is 5.75. The number of carboxylic acids is 2. The van der Waals surface area contributed by atoms with Crippen LogP contribution in [-0.4, -0.2) is 76.5 Å². The summed E-state index contributed by atoms with van der Waals surface area (Å²) in [6.07, 6.45) is 0.708. The summed E-state index contributed by atoms with van der Waals surface area (Å²) in [6.45, 7) is 4.03. The summed E-state index contributed by atoms with van der Waals surface area (Å²) in [5.41, 5.74) is 5.17. The molecule has 1 aliphatic heterocycles. The van der Waals surface area contributed by atoms with E-state index in [2.05, 4.69) is 21.3 Å². The van der Waals surface area contributed by atoms with Crippen molar-refractivity contribution in [1.82, 2.24) is 21.3 Å². The van der Waals surface area contributed by atoms with Gasteiger partial charge in [-0.2, -0.15) is 0 Å². The number of nitrogens with two attached hydrogens (primary N) is 1. The smallest absolute Gasteiger partial charge is 0.326 e. The van der Waals surface area contributed by atoms with Crippen LogP contribution in [0.25, 0.3) is 0 Å². The molecule has 5 atom stereocenters. The molecule has 8 N–H and O–H groups in total. The minimum atomic E-state index is -1.37. The van der Waals surface area contributed by atoms with Gasteiger partial charge in [0.05, 0.1) is 6.04 Å². The van der Waals surface area contributed by atoms with Crippen LogP contribution in [-0.2, 0) is 28.8 Å². The molecule has 0 radical (unpaired) electrons. The number of hydrogen-bond acceptors (Lipinski definition) is 7. The van der Waals surface area contributed by atoms with Crippen molar-refractivity contribution in [1.29, 1.82) is 0 Å². The second-order valence-corrected chi connectivity index (χ2v) is 8.42. The van der Waals surface area contributed by atoms with Crippen LogP contribution >= 0.6 is 0 Å². The number of nitrogens with one attached hydrogen (secondary N) is 4. The van der Waals surface area contributed by atoms with Gasteiger partial charge in [-0.1, -0.05) is 20.3 Å². The molecule has 5 unspecified atom stereocenters. The summed E-state index contributed by atoms with van der Waals surface area (Å²) in [7, 11) is 0. The average Bonchev–Trinajstić information content (AvgIpc) is 3.31. The Labute approximate surface area is 197 Å². The Morgan fingerprint density at radius 2 is 1.56 bits per heavy atom. The highest BCUT2D eigenvalue weighted by atomic mass is 16.4. The van der Waals surface area contributed by atoms with Gasteiger partial charge < -0.3 is 37.2 Å². The van der Waals surface area contributed by atoms with Crippen LogP contribution in [0, 0.1) is 5.92 Å². The van der Waals surface area contributed by atoms with Crippen LogP contribution in [0.1, 0.15) is 58.8 Å². The first-order chi connectivity index (χ1) is 16.0. The van der Waals surface area contributed by atoms with Gasteiger partial charge in [-0.3, -0.25) is 24.0 Å². The molecule has 0 aliphatic carbocycles. The number of carbonyl (C=O) groups excluding carboxylic acids is 4. The number of aliphatic carboxylic acids is 2. The van der Waals surface area contributed by atoms with Gasteiger partial charge in [0.25, 0.3) is 0 Å². The first kappa shape index (κ1) is 28.8. The molecule has 1 aliphatic rings. The molecule has 1 heterocycles. The maximum Gasteiger partial charge on any atom is 0.326 e. The van der Waals surface area contributed by atoms with Crippen LogP contribution < -0.4 is 27.0 Å². The fourth-order valence-corrected chi connectivity index (χ4v) is 3.48. The van der Waals surface area contributed by atoms with E-state index in [0.717, 1.165) is 6.42 Å². The van der Waals surface area contributed by atoms with Gasteiger partial charge in [0.1, 0.15) is 18.1 Å². The number of amides is 4. The van der Waals surface area contributed by atoms with Gasteiger partial charge in [0.2, 0.25) is 23.6 Å². The summed E-state index contributed by atoms with van der Waals surface area (Å²) in [4.78, 5) is 72.0. The van der Waals surface area contributed by atoms with E-state index >= 15 is 0 Å². The standard InChI is InChI=1S/C21H35N5O8/c1-3-11(2)17(21(33)34)26-20(32)14(7-9-16(28)29)25-19(31)13(6-8-15(22)27)24-18(30)12-5-4-10-23-12/h11-14,17,23H,3-10H2,1-2H3,(H2,22,27)(H,24,30)(H,25,31)(H,26,32)(H,28,29)(H,33,34). The van der Waals surface area contributed by atoms with Crippen molar-refractivity contribution in [2.45, 2.75) is 83.0 Å². The van der Waals surface area contributed by atoms with Gasteiger partial charge in [0, 0.05) is 12.8 Å². The quantitative estimate of drug-likeness (QED) is 0.143. The Balaban J connectivity index is 2.99. The van der Waals surface area contributed by atoms with Crippen molar-refractivity contribution in [3.8, 4) is 0 Å². The highest BCUT2D eigenvalue weighted by Gasteiger charge is 2.33. The lowest BCUT2D eigenvalue weighted by Crippen LogP contribution is -2.57. The molecule has 0 aromatic carbocycles. The SMILES string of the molecule is CCC(C)C(NC(=O)C(CCC(=O)O)NC(=O)C(CCC(N)=O)NC(=O)C1CCCN1)C(=O)O. The van der Waals surface area contributed by atoms with Gasteiger partial charge >= 0.3 is 11.9 Å². The Morgan fingerprint density at radius 1 is 0.971 bits per heavy atom. The van der Waals surface area contributed by atoms with E-state index in [1.165, 1.54) is 0 Å². The largest absolute Gasteiger partial charge is 0.481 e. The van der Waals surface area contributed by atoms with Gasteiger partial charge in [0.15, 0.2) is 0 Å². The van der Waals surface area contributed by atoms with E-state index in [1.54, 1.807) is 13.8 Å². The molecule has 1 fully saturated rings. The van der Waals surface area contributed by atoms with E-state index in [9.17, 15) is 33.9 Å². The fourth-order valence-electron chi connectivity index (χ4n) is 3.48. The minimum absolute atomic E-state index is 0.127. The lowest BCUT2D eigenvalue weighted by molar-refractivity contribution is -0.144. The summed E-state index contributed by atoms with van der Waals surface area (Å²) in [5, 5.41) is 28.7. The number of hydrogen-bond donors (Lipinski definition) is 7. The molecule has 1 rings (SSSR count). The lowest BCUT2D eigenvalue weighted by atomic mass is 9.98.